The maximum Gasteiger partial charge on any atom is 0.322 e. The molecule has 0 saturated carbocycles. The molecule has 3 rings (SSSR count). The minimum atomic E-state index is -0.527. The van der Waals surface area contributed by atoms with Crippen molar-refractivity contribution >= 4 is 29.0 Å². The molecule has 0 bridgehead atoms. The van der Waals surface area contributed by atoms with Crippen LogP contribution in [0.4, 0.5) is 14.9 Å². The first-order valence-electron chi connectivity index (χ1n) is 12.6. The summed E-state index contributed by atoms with van der Waals surface area (Å²) in [5, 5.41) is 2.62. The van der Waals surface area contributed by atoms with Crippen LogP contribution in [0.15, 0.2) is 54.6 Å². The van der Waals surface area contributed by atoms with E-state index in [0.29, 0.717) is 37.4 Å². The molecule has 38 heavy (non-hydrogen) atoms. The molecule has 3 amide bonds. The number of carbonyl (C=O) groups is 2. The van der Waals surface area contributed by atoms with Gasteiger partial charge in [-0.25, -0.2) is 9.18 Å². The number of halogens is 1. The summed E-state index contributed by atoms with van der Waals surface area (Å²) < 4.78 is 24.9. The molecule has 0 fully saturated rings. The molecule has 0 saturated heterocycles. The molecule has 0 aliphatic heterocycles. The lowest BCUT2D eigenvalue weighted by Gasteiger charge is -2.31. The smallest absolute Gasteiger partial charge is 0.322 e. The Morgan fingerprint density at radius 3 is 2.42 bits per heavy atom. The number of hydrogen-bond acceptors (Lipinski definition) is 5. The van der Waals surface area contributed by atoms with Gasteiger partial charge in [-0.2, -0.15) is 0 Å². The van der Waals surface area contributed by atoms with Crippen molar-refractivity contribution in [2.75, 3.05) is 32.6 Å². The number of urea groups is 1. The minimum Gasteiger partial charge on any atom is -0.493 e. The number of methoxy groups -OCH3 is 2. The maximum absolute atomic E-state index is 14.2. The summed E-state index contributed by atoms with van der Waals surface area (Å²) in [5.41, 5.74) is 1.08. The Morgan fingerprint density at radius 2 is 1.79 bits per heavy atom. The van der Waals surface area contributed by atoms with Crippen molar-refractivity contribution in [3.63, 3.8) is 0 Å². The highest BCUT2D eigenvalue weighted by molar-refractivity contribution is 7.11. The number of nitrogens with zero attached hydrogens (tertiary/aromatic N) is 2. The molecule has 1 unspecified atom stereocenters. The molecule has 3 aromatic rings. The standard InChI is InChI=1S/C29H36FN3O4S/c1-6-20(2)33(29(35)31-25-10-8-7-9-24(25)30)19-28(34)32(18-23-13-11-21(3)38-23)16-15-22-12-14-26(36-4)27(17-22)37-5/h7-14,17,20H,6,15-16,18-19H2,1-5H3,(H,31,35). The zero-order valence-electron chi connectivity index (χ0n) is 22.6. The van der Waals surface area contributed by atoms with E-state index in [2.05, 4.69) is 5.32 Å². The van der Waals surface area contributed by atoms with Crippen LogP contribution < -0.4 is 14.8 Å². The van der Waals surface area contributed by atoms with Gasteiger partial charge < -0.3 is 24.6 Å². The molecule has 0 aliphatic rings. The van der Waals surface area contributed by atoms with E-state index in [0.717, 1.165) is 15.3 Å². The summed E-state index contributed by atoms with van der Waals surface area (Å²) in [6.07, 6.45) is 1.24. The lowest BCUT2D eigenvalue weighted by molar-refractivity contribution is -0.132. The van der Waals surface area contributed by atoms with E-state index in [9.17, 15) is 14.0 Å². The molecule has 0 spiro atoms. The zero-order valence-corrected chi connectivity index (χ0v) is 23.4. The van der Waals surface area contributed by atoms with Gasteiger partial charge in [-0.05, 0) is 68.7 Å². The molecule has 0 aliphatic carbocycles. The Hall–Kier alpha value is -3.59. The van der Waals surface area contributed by atoms with E-state index < -0.39 is 11.8 Å². The molecule has 9 heteroatoms. The Kier molecular flexibility index (Phi) is 10.5. The lowest BCUT2D eigenvalue weighted by Crippen LogP contribution is -2.48. The first-order chi connectivity index (χ1) is 18.2. The third-order valence-corrected chi connectivity index (χ3v) is 7.40. The average molecular weight is 542 g/mol. The van der Waals surface area contributed by atoms with Crippen LogP contribution in [0.3, 0.4) is 0 Å². The normalized spacial score (nSPS) is 11.5. The van der Waals surface area contributed by atoms with Crippen molar-refractivity contribution in [1.29, 1.82) is 0 Å². The van der Waals surface area contributed by atoms with E-state index in [1.807, 2.05) is 51.1 Å². The molecule has 0 radical (unpaired) electrons. The highest BCUT2D eigenvalue weighted by Crippen LogP contribution is 2.28. The van der Waals surface area contributed by atoms with Crippen LogP contribution in [0.1, 0.15) is 35.6 Å². The van der Waals surface area contributed by atoms with Gasteiger partial charge in [-0.3, -0.25) is 4.79 Å². The van der Waals surface area contributed by atoms with E-state index in [1.54, 1.807) is 42.6 Å². The molecule has 1 atom stereocenters. The zero-order chi connectivity index (χ0) is 27.7. The number of para-hydroxylation sites is 1. The van der Waals surface area contributed by atoms with Crippen molar-refractivity contribution in [2.24, 2.45) is 0 Å². The highest BCUT2D eigenvalue weighted by atomic mass is 32.1. The van der Waals surface area contributed by atoms with Crippen LogP contribution in [0.2, 0.25) is 0 Å². The fourth-order valence-corrected chi connectivity index (χ4v) is 4.90. The molecule has 1 aromatic heterocycles. The number of anilines is 1. The Balaban J connectivity index is 1.79. The first kappa shape index (κ1) is 29.0. The molecule has 1 heterocycles. The van der Waals surface area contributed by atoms with Crippen molar-refractivity contribution in [3.05, 3.63) is 75.7 Å². The Bertz CT molecular complexity index is 1230. The van der Waals surface area contributed by atoms with Crippen molar-refractivity contribution < 1.29 is 23.5 Å². The van der Waals surface area contributed by atoms with Crippen LogP contribution in [0, 0.1) is 12.7 Å². The largest absolute Gasteiger partial charge is 0.493 e. The lowest BCUT2D eigenvalue weighted by atomic mass is 10.1. The highest BCUT2D eigenvalue weighted by Gasteiger charge is 2.26. The number of rotatable bonds is 12. The second-order valence-corrected chi connectivity index (χ2v) is 10.4. The van der Waals surface area contributed by atoms with Gasteiger partial charge in [0.05, 0.1) is 26.5 Å². The number of benzene rings is 2. The summed E-state index contributed by atoms with van der Waals surface area (Å²) in [5.74, 6) is 0.564. The molecular weight excluding hydrogens is 505 g/mol. The number of aryl methyl sites for hydroxylation is 1. The molecule has 2 aromatic carbocycles. The summed E-state index contributed by atoms with van der Waals surface area (Å²) in [4.78, 5) is 32.3. The number of hydrogen-bond donors (Lipinski definition) is 1. The van der Waals surface area contributed by atoms with Crippen LogP contribution in [0.25, 0.3) is 0 Å². The SMILES string of the molecule is CCC(C)N(CC(=O)N(CCc1ccc(OC)c(OC)c1)Cc1ccc(C)s1)C(=O)Nc1ccccc1F. The predicted octanol–water partition coefficient (Wildman–Crippen LogP) is 6.12. The summed E-state index contributed by atoms with van der Waals surface area (Å²) in [6.45, 7) is 6.63. The van der Waals surface area contributed by atoms with Gasteiger partial charge in [0, 0.05) is 22.3 Å². The Morgan fingerprint density at radius 1 is 1.05 bits per heavy atom. The van der Waals surface area contributed by atoms with Crippen molar-refractivity contribution in [3.8, 4) is 11.5 Å². The summed E-state index contributed by atoms with van der Waals surface area (Å²) in [6, 6.07) is 15.0. The monoisotopic (exact) mass is 541 g/mol. The minimum absolute atomic E-state index is 0.0811. The number of carbonyl (C=O) groups excluding carboxylic acids is 2. The van der Waals surface area contributed by atoms with E-state index in [4.69, 9.17) is 9.47 Å². The van der Waals surface area contributed by atoms with Crippen LogP contribution in [-0.2, 0) is 17.8 Å². The first-order valence-corrected chi connectivity index (χ1v) is 13.4. The fourth-order valence-electron chi connectivity index (χ4n) is 3.99. The van der Waals surface area contributed by atoms with Crippen molar-refractivity contribution in [1.82, 2.24) is 9.80 Å². The Labute approximate surface area is 228 Å². The van der Waals surface area contributed by atoms with Gasteiger partial charge in [0.15, 0.2) is 11.5 Å². The summed E-state index contributed by atoms with van der Waals surface area (Å²) in [7, 11) is 3.18. The molecule has 1 N–H and O–H groups in total. The number of nitrogens with one attached hydrogen (secondary N) is 1. The van der Waals surface area contributed by atoms with Crippen LogP contribution in [0.5, 0.6) is 11.5 Å². The number of amides is 3. The van der Waals surface area contributed by atoms with Gasteiger partial charge in [-0.1, -0.05) is 25.1 Å². The number of thiophene rings is 1. The predicted molar refractivity (Wildman–Crippen MR) is 150 cm³/mol. The van der Waals surface area contributed by atoms with Gasteiger partial charge >= 0.3 is 6.03 Å². The van der Waals surface area contributed by atoms with Crippen molar-refractivity contribution in [2.45, 2.75) is 46.2 Å². The van der Waals surface area contributed by atoms with Gasteiger partial charge in [-0.15, -0.1) is 11.3 Å². The van der Waals surface area contributed by atoms with Gasteiger partial charge in [0.1, 0.15) is 12.4 Å². The fraction of sp³-hybridized carbons (Fsp3) is 0.379. The average Bonchev–Trinajstić information content (AvgIpc) is 3.34. The van der Waals surface area contributed by atoms with Gasteiger partial charge in [0.2, 0.25) is 5.91 Å². The number of ether oxygens (including phenoxy) is 2. The summed E-state index contributed by atoms with van der Waals surface area (Å²) >= 11 is 1.64. The molecule has 204 valence electrons. The topological polar surface area (TPSA) is 71.1 Å². The third kappa shape index (κ3) is 7.71. The third-order valence-electron chi connectivity index (χ3n) is 6.42. The molecule has 7 nitrogen and oxygen atoms in total. The van der Waals surface area contributed by atoms with E-state index >= 15 is 0 Å². The van der Waals surface area contributed by atoms with E-state index in [1.165, 1.54) is 17.0 Å². The van der Waals surface area contributed by atoms with Crippen LogP contribution >= 0.6 is 11.3 Å². The van der Waals surface area contributed by atoms with Gasteiger partial charge in [0.25, 0.3) is 0 Å². The van der Waals surface area contributed by atoms with Crippen LogP contribution in [-0.4, -0.2) is 55.1 Å². The second kappa shape index (κ2) is 13.8. The quantitative estimate of drug-likeness (QED) is 0.300. The second-order valence-electron chi connectivity index (χ2n) is 9.06. The molecular formula is C29H36FN3O4S. The maximum atomic E-state index is 14.2. The van der Waals surface area contributed by atoms with E-state index in [-0.39, 0.29) is 24.2 Å².